The number of aryl methyl sites for hydroxylation is 2. The van der Waals surface area contributed by atoms with Crippen LogP contribution >= 0.6 is 0 Å². The van der Waals surface area contributed by atoms with Gasteiger partial charge in [0.25, 0.3) is 0 Å². The van der Waals surface area contributed by atoms with Crippen LogP contribution in [0.1, 0.15) is 55.0 Å². The van der Waals surface area contributed by atoms with E-state index in [1.165, 1.54) is 7.11 Å². The number of ether oxygens (including phenoxy) is 2. The number of hydrogen-bond donors (Lipinski definition) is 1. The van der Waals surface area contributed by atoms with Crippen molar-refractivity contribution in [2.75, 3.05) is 31.3 Å². The third kappa shape index (κ3) is 5.94. The van der Waals surface area contributed by atoms with E-state index < -0.39 is 15.9 Å². The zero-order valence-corrected chi connectivity index (χ0v) is 21.0. The van der Waals surface area contributed by atoms with Crippen LogP contribution in [0.15, 0.2) is 30.3 Å². The molecule has 0 heterocycles. The van der Waals surface area contributed by atoms with Gasteiger partial charge in [-0.2, -0.15) is 0 Å². The molecule has 0 aliphatic rings. The summed E-state index contributed by atoms with van der Waals surface area (Å²) >= 11 is 0. The van der Waals surface area contributed by atoms with Gasteiger partial charge in [0.05, 0.1) is 32.2 Å². The molecule has 0 unspecified atom stereocenters. The Bertz CT molecular complexity index is 1080. The average molecular weight is 463 g/mol. The molecule has 1 amide bonds. The van der Waals surface area contributed by atoms with Gasteiger partial charge in [-0.1, -0.05) is 19.9 Å². The fourth-order valence-electron chi connectivity index (χ4n) is 3.68. The topological polar surface area (TPSA) is 84.9 Å². The molecule has 176 valence electrons. The highest BCUT2D eigenvalue weighted by atomic mass is 32.2. The van der Waals surface area contributed by atoms with Crippen LogP contribution in [0.25, 0.3) is 0 Å². The highest BCUT2D eigenvalue weighted by molar-refractivity contribution is 7.92. The standard InChI is InChI=1S/C24H34N2O5S/c1-15(2)19-13-20(17(4)12-23(19)31-7)18(5)25-24(27)14-26(32(8,28)29)21-11-16(3)9-10-22(21)30-6/h9-13,15,18H,14H2,1-8H3,(H,25,27)/t18-/m0/s1. The van der Waals surface area contributed by atoms with Gasteiger partial charge in [0.2, 0.25) is 15.9 Å². The molecular weight excluding hydrogens is 428 g/mol. The van der Waals surface area contributed by atoms with E-state index >= 15 is 0 Å². The quantitative estimate of drug-likeness (QED) is 0.607. The summed E-state index contributed by atoms with van der Waals surface area (Å²) in [6, 6.07) is 8.90. The van der Waals surface area contributed by atoms with Gasteiger partial charge in [-0.15, -0.1) is 0 Å². The molecule has 0 fully saturated rings. The zero-order valence-electron chi connectivity index (χ0n) is 20.1. The lowest BCUT2D eigenvalue weighted by Crippen LogP contribution is -2.41. The summed E-state index contributed by atoms with van der Waals surface area (Å²) in [7, 11) is -0.610. The lowest BCUT2D eigenvalue weighted by atomic mass is 9.93. The number of carbonyl (C=O) groups is 1. The van der Waals surface area contributed by atoms with Crippen LogP contribution < -0.4 is 19.1 Å². The van der Waals surface area contributed by atoms with Crippen molar-refractivity contribution in [2.45, 2.75) is 46.6 Å². The Morgan fingerprint density at radius 3 is 2.16 bits per heavy atom. The predicted octanol–water partition coefficient (Wildman–Crippen LogP) is 4.09. The van der Waals surface area contributed by atoms with Crippen LogP contribution in [0.2, 0.25) is 0 Å². The van der Waals surface area contributed by atoms with Crippen molar-refractivity contribution in [3.63, 3.8) is 0 Å². The molecule has 2 aromatic carbocycles. The fourth-order valence-corrected chi connectivity index (χ4v) is 4.53. The Balaban J connectivity index is 2.32. The number of carbonyl (C=O) groups excluding carboxylic acids is 1. The summed E-state index contributed by atoms with van der Waals surface area (Å²) in [5.74, 6) is 1.04. The molecule has 7 nitrogen and oxygen atoms in total. The Labute approximate surface area is 191 Å². The molecule has 1 N–H and O–H groups in total. The van der Waals surface area contributed by atoms with Gasteiger partial charge < -0.3 is 14.8 Å². The van der Waals surface area contributed by atoms with E-state index in [-0.39, 0.29) is 18.5 Å². The third-order valence-electron chi connectivity index (χ3n) is 5.37. The normalized spacial score (nSPS) is 12.4. The molecule has 2 aromatic rings. The predicted molar refractivity (Wildman–Crippen MR) is 128 cm³/mol. The first kappa shape index (κ1) is 25.5. The summed E-state index contributed by atoms with van der Waals surface area (Å²) in [5, 5.41) is 2.94. The average Bonchev–Trinajstić information content (AvgIpc) is 2.70. The van der Waals surface area contributed by atoms with Gasteiger partial charge in [-0.3, -0.25) is 9.10 Å². The molecule has 1 atom stereocenters. The second-order valence-corrected chi connectivity index (χ2v) is 10.2. The molecule has 2 rings (SSSR count). The number of sulfonamides is 1. The van der Waals surface area contributed by atoms with E-state index in [2.05, 4.69) is 19.2 Å². The van der Waals surface area contributed by atoms with Gasteiger partial charge >= 0.3 is 0 Å². The van der Waals surface area contributed by atoms with Crippen LogP contribution in [0.5, 0.6) is 11.5 Å². The maximum Gasteiger partial charge on any atom is 0.241 e. The van der Waals surface area contributed by atoms with Crippen molar-refractivity contribution in [2.24, 2.45) is 0 Å². The van der Waals surface area contributed by atoms with Gasteiger partial charge in [-0.05, 0) is 73.2 Å². The van der Waals surface area contributed by atoms with Crippen molar-refractivity contribution in [3.05, 3.63) is 52.6 Å². The highest BCUT2D eigenvalue weighted by Gasteiger charge is 2.25. The molecule has 32 heavy (non-hydrogen) atoms. The SMILES string of the molecule is COc1cc(C)c([C@H](C)NC(=O)CN(c2cc(C)ccc2OC)S(C)(=O)=O)cc1C(C)C. The van der Waals surface area contributed by atoms with E-state index in [1.807, 2.05) is 39.0 Å². The number of nitrogens with zero attached hydrogens (tertiary/aromatic N) is 1. The third-order valence-corrected chi connectivity index (χ3v) is 6.50. The number of nitrogens with one attached hydrogen (secondary N) is 1. The van der Waals surface area contributed by atoms with Gasteiger partial charge in [0.1, 0.15) is 18.0 Å². The van der Waals surface area contributed by atoms with Gasteiger partial charge in [0, 0.05) is 0 Å². The minimum absolute atomic E-state index is 0.252. The second kappa shape index (κ2) is 10.3. The minimum Gasteiger partial charge on any atom is -0.496 e. The van der Waals surface area contributed by atoms with Crippen molar-refractivity contribution in [1.82, 2.24) is 5.32 Å². The van der Waals surface area contributed by atoms with Crippen LogP contribution in [-0.4, -0.2) is 41.3 Å². The summed E-state index contributed by atoms with van der Waals surface area (Å²) in [6.45, 7) is 9.51. The van der Waals surface area contributed by atoms with Gasteiger partial charge in [-0.25, -0.2) is 8.42 Å². The van der Waals surface area contributed by atoms with Crippen molar-refractivity contribution < 1.29 is 22.7 Å². The molecule has 0 saturated heterocycles. The van der Waals surface area contributed by atoms with E-state index in [9.17, 15) is 13.2 Å². The Morgan fingerprint density at radius 2 is 1.62 bits per heavy atom. The number of rotatable bonds is 9. The van der Waals surface area contributed by atoms with Crippen LogP contribution in [0.4, 0.5) is 5.69 Å². The lowest BCUT2D eigenvalue weighted by Gasteiger charge is -2.26. The van der Waals surface area contributed by atoms with E-state index in [0.29, 0.717) is 11.4 Å². The maximum absolute atomic E-state index is 12.9. The van der Waals surface area contributed by atoms with Crippen molar-refractivity contribution >= 4 is 21.6 Å². The fraction of sp³-hybridized carbons (Fsp3) is 0.458. The number of anilines is 1. The number of amides is 1. The Hall–Kier alpha value is -2.74. The molecule has 0 radical (unpaired) electrons. The van der Waals surface area contributed by atoms with Crippen LogP contribution in [0.3, 0.4) is 0 Å². The molecule has 8 heteroatoms. The summed E-state index contributed by atoms with van der Waals surface area (Å²) < 4.78 is 37.0. The van der Waals surface area contributed by atoms with E-state index in [4.69, 9.17) is 9.47 Å². The molecular formula is C24H34N2O5S. The van der Waals surface area contributed by atoms with Crippen molar-refractivity contribution in [1.29, 1.82) is 0 Å². The molecule has 0 aromatic heterocycles. The molecule has 0 aliphatic heterocycles. The number of methoxy groups -OCH3 is 2. The molecule has 0 bridgehead atoms. The van der Waals surface area contributed by atoms with E-state index in [0.717, 1.165) is 38.6 Å². The van der Waals surface area contributed by atoms with Crippen LogP contribution in [-0.2, 0) is 14.8 Å². The Morgan fingerprint density at radius 1 is 1.00 bits per heavy atom. The largest absolute Gasteiger partial charge is 0.496 e. The number of benzene rings is 2. The minimum atomic E-state index is -3.72. The Kier molecular flexibility index (Phi) is 8.18. The summed E-state index contributed by atoms with van der Waals surface area (Å²) in [4.78, 5) is 12.9. The lowest BCUT2D eigenvalue weighted by molar-refractivity contribution is -0.120. The first-order valence-electron chi connectivity index (χ1n) is 10.5. The van der Waals surface area contributed by atoms with Crippen LogP contribution in [0, 0.1) is 13.8 Å². The number of hydrogen-bond acceptors (Lipinski definition) is 5. The molecule has 0 saturated carbocycles. The first-order valence-corrected chi connectivity index (χ1v) is 12.3. The first-order chi connectivity index (χ1) is 14.9. The van der Waals surface area contributed by atoms with E-state index in [1.54, 1.807) is 19.2 Å². The molecule has 0 spiro atoms. The zero-order chi connectivity index (χ0) is 24.2. The van der Waals surface area contributed by atoms with Gasteiger partial charge in [0.15, 0.2) is 0 Å². The summed E-state index contributed by atoms with van der Waals surface area (Å²) in [6.07, 6.45) is 1.08. The molecule has 0 aliphatic carbocycles. The monoisotopic (exact) mass is 462 g/mol. The second-order valence-electron chi connectivity index (χ2n) is 8.34. The smallest absolute Gasteiger partial charge is 0.241 e. The summed E-state index contributed by atoms with van der Waals surface area (Å²) in [5.41, 5.74) is 4.19. The highest BCUT2D eigenvalue weighted by Crippen LogP contribution is 2.33. The maximum atomic E-state index is 12.9. The van der Waals surface area contributed by atoms with Crippen molar-refractivity contribution in [3.8, 4) is 11.5 Å².